The molecular weight excluding hydrogens is 186 g/mol. The summed E-state index contributed by atoms with van der Waals surface area (Å²) in [5.41, 5.74) is 0.0699. The lowest BCUT2D eigenvalue weighted by Gasteiger charge is -2.29. The zero-order chi connectivity index (χ0) is 10.2. The first-order valence-corrected chi connectivity index (χ1v) is 5.34. The standard InChI is InChI=1S/C10H18F2N2/c1-9(3-2-5-13-9)7-14-6-4-10(11,12)8-14/h13H,2-8H2,1H3. The van der Waals surface area contributed by atoms with Gasteiger partial charge in [-0.3, -0.25) is 4.90 Å². The van der Waals surface area contributed by atoms with Gasteiger partial charge in [-0.1, -0.05) is 0 Å². The van der Waals surface area contributed by atoms with Crippen LogP contribution in [0.2, 0.25) is 0 Å². The lowest BCUT2D eigenvalue weighted by Crippen LogP contribution is -2.47. The van der Waals surface area contributed by atoms with E-state index in [1.54, 1.807) is 0 Å². The molecule has 0 aliphatic carbocycles. The molecule has 2 saturated heterocycles. The summed E-state index contributed by atoms with van der Waals surface area (Å²) >= 11 is 0. The first-order valence-electron chi connectivity index (χ1n) is 5.34. The summed E-state index contributed by atoms with van der Waals surface area (Å²) in [4.78, 5) is 1.89. The van der Waals surface area contributed by atoms with E-state index in [-0.39, 0.29) is 18.5 Å². The van der Waals surface area contributed by atoms with Crippen LogP contribution in [-0.2, 0) is 0 Å². The molecule has 0 aromatic heterocycles. The second-order valence-corrected chi connectivity index (χ2v) is 4.91. The Kier molecular flexibility index (Phi) is 2.52. The van der Waals surface area contributed by atoms with E-state index < -0.39 is 5.92 Å². The van der Waals surface area contributed by atoms with Crippen LogP contribution in [0.4, 0.5) is 8.78 Å². The van der Waals surface area contributed by atoms with Crippen molar-refractivity contribution in [2.24, 2.45) is 0 Å². The minimum absolute atomic E-state index is 0.0308. The number of nitrogens with zero attached hydrogens (tertiary/aromatic N) is 1. The van der Waals surface area contributed by atoms with Gasteiger partial charge in [-0.05, 0) is 26.3 Å². The number of alkyl halides is 2. The highest BCUT2D eigenvalue weighted by molar-refractivity contribution is 4.94. The average molecular weight is 204 g/mol. The van der Waals surface area contributed by atoms with E-state index in [1.807, 2.05) is 4.90 Å². The molecule has 0 amide bonds. The molecule has 0 bridgehead atoms. The van der Waals surface area contributed by atoms with Crippen molar-refractivity contribution in [2.75, 3.05) is 26.2 Å². The summed E-state index contributed by atoms with van der Waals surface area (Å²) in [7, 11) is 0. The minimum Gasteiger partial charge on any atom is -0.310 e. The molecule has 0 spiro atoms. The molecule has 2 aliphatic heterocycles. The van der Waals surface area contributed by atoms with E-state index in [0.29, 0.717) is 6.54 Å². The van der Waals surface area contributed by atoms with Crippen molar-refractivity contribution in [3.05, 3.63) is 0 Å². The maximum atomic E-state index is 12.9. The van der Waals surface area contributed by atoms with Crippen LogP contribution < -0.4 is 5.32 Å². The second-order valence-electron chi connectivity index (χ2n) is 4.91. The smallest absolute Gasteiger partial charge is 0.261 e. The number of nitrogens with one attached hydrogen (secondary N) is 1. The zero-order valence-corrected chi connectivity index (χ0v) is 8.65. The van der Waals surface area contributed by atoms with Gasteiger partial charge < -0.3 is 5.32 Å². The van der Waals surface area contributed by atoms with Crippen molar-refractivity contribution in [1.29, 1.82) is 0 Å². The number of hydrogen-bond donors (Lipinski definition) is 1. The Morgan fingerprint density at radius 1 is 1.36 bits per heavy atom. The molecule has 2 nitrogen and oxygen atoms in total. The predicted molar refractivity (Wildman–Crippen MR) is 51.6 cm³/mol. The third-order valence-electron chi connectivity index (χ3n) is 3.28. The van der Waals surface area contributed by atoms with Crippen molar-refractivity contribution in [3.8, 4) is 0 Å². The van der Waals surface area contributed by atoms with Crippen molar-refractivity contribution >= 4 is 0 Å². The van der Waals surface area contributed by atoms with Crippen molar-refractivity contribution < 1.29 is 8.78 Å². The topological polar surface area (TPSA) is 15.3 Å². The molecule has 2 heterocycles. The van der Waals surface area contributed by atoms with Gasteiger partial charge in [0.25, 0.3) is 5.92 Å². The van der Waals surface area contributed by atoms with Crippen LogP contribution in [0.3, 0.4) is 0 Å². The van der Waals surface area contributed by atoms with Gasteiger partial charge in [0.1, 0.15) is 0 Å². The summed E-state index contributed by atoms with van der Waals surface area (Å²) in [5.74, 6) is -2.45. The number of likely N-dealkylation sites (tertiary alicyclic amines) is 1. The molecule has 2 aliphatic rings. The summed E-state index contributed by atoms with van der Waals surface area (Å²) in [6.07, 6.45) is 2.30. The summed E-state index contributed by atoms with van der Waals surface area (Å²) in [6, 6.07) is 0. The third-order valence-corrected chi connectivity index (χ3v) is 3.28. The van der Waals surface area contributed by atoms with E-state index in [0.717, 1.165) is 19.5 Å². The number of rotatable bonds is 2. The van der Waals surface area contributed by atoms with Crippen LogP contribution in [0.15, 0.2) is 0 Å². The lowest BCUT2D eigenvalue weighted by atomic mass is 10.00. The highest BCUT2D eigenvalue weighted by atomic mass is 19.3. The molecule has 0 aromatic carbocycles. The molecule has 2 rings (SSSR count). The van der Waals surface area contributed by atoms with Gasteiger partial charge in [0.15, 0.2) is 0 Å². The summed E-state index contributed by atoms with van der Waals surface area (Å²) < 4.78 is 25.9. The van der Waals surface area contributed by atoms with Crippen LogP contribution in [-0.4, -0.2) is 42.5 Å². The lowest BCUT2D eigenvalue weighted by molar-refractivity contribution is 0.0102. The molecule has 82 valence electrons. The fourth-order valence-electron chi connectivity index (χ4n) is 2.53. The molecule has 1 N–H and O–H groups in total. The van der Waals surface area contributed by atoms with Crippen LogP contribution >= 0.6 is 0 Å². The Labute approximate surface area is 83.7 Å². The number of halogens is 2. The van der Waals surface area contributed by atoms with Gasteiger partial charge in [-0.15, -0.1) is 0 Å². The van der Waals surface area contributed by atoms with Crippen molar-refractivity contribution in [3.63, 3.8) is 0 Å². The zero-order valence-electron chi connectivity index (χ0n) is 8.65. The first-order chi connectivity index (χ1) is 6.49. The quantitative estimate of drug-likeness (QED) is 0.732. The van der Waals surface area contributed by atoms with E-state index in [4.69, 9.17) is 0 Å². The molecule has 1 unspecified atom stereocenters. The van der Waals surface area contributed by atoms with Crippen LogP contribution in [0.1, 0.15) is 26.2 Å². The highest BCUT2D eigenvalue weighted by Crippen LogP contribution is 2.29. The molecule has 0 saturated carbocycles. The van der Waals surface area contributed by atoms with Crippen molar-refractivity contribution in [2.45, 2.75) is 37.6 Å². The molecule has 2 fully saturated rings. The first kappa shape index (κ1) is 10.3. The van der Waals surface area contributed by atoms with Gasteiger partial charge >= 0.3 is 0 Å². The van der Waals surface area contributed by atoms with Crippen molar-refractivity contribution in [1.82, 2.24) is 10.2 Å². The molecule has 1 atom stereocenters. The fourth-order valence-corrected chi connectivity index (χ4v) is 2.53. The SMILES string of the molecule is CC1(CN2CCC(F)(F)C2)CCCN1. The Balaban J connectivity index is 1.86. The molecular formula is C10H18F2N2. The van der Waals surface area contributed by atoms with Gasteiger partial charge in [0, 0.05) is 25.0 Å². The maximum Gasteiger partial charge on any atom is 0.261 e. The fraction of sp³-hybridized carbons (Fsp3) is 1.00. The predicted octanol–water partition coefficient (Wildman–Crippen LogP) is 1.47. The van der Waals surface area contributed by atoms with Gasteiger partial charge in [0.05, 0.1) is 6.54 Å². The normalized spacial score (nSPS) is 37.9. The second kappa shape index (κ2) is 3.42. The van der Waals surface area contributed by atoms with E-state index in [1.165, 1.54) is 6.42 Å². The minimum atomic E-state index is -2.45. The molecule has 0 radical (unpaired) electrons. The molecule has 4 heteroatoms. The highest BCUT2D eigenvalue weighted by Gasteiger charge is 2.41. The Morgan fingerprint density at radius 3 is 2.64 bits per heavy atom. The summed E-state index contributed by atoms with van der Waals surface area (Å²) in [6.45, 7) is 4.42. The van der Waals surface area contributed by atoms with E-state index in [2.05, 4.69) is 12.2 Å². The Bertz CT molecular complexity index is 212. The molecule has 0 aromatic rings. The Hall–Kier alpha value is -0.220. The van der Waals surface area contributed by atoms with Gasteiger partial charge in [-0.25, -0.2) is 8.78 Å². The van der Waals surface area contributed by atoms with Gasteiger partial charge in [0.2, 0.25) is 0 Å². The average Bonchev–Trinajstić information content (AvgIpc) is 2.59. The van der Waals surface area contributed by atoms with Gasteiger partial charge in [-0.2, -0.15) is 0 Å². The van der Waals surface area contributed by atoms with E-state index in [9.17, 15) is 8.78 Å². The maximum absolute atomic E-state index is 12.9. The summed E-state index contributed by atoms with van der Waals surface area (Å²) in [5, 5.41) is 3.40. The molecule has 14 heavy (non-hydrogen) atoms. The van der Waals surface area contributed by atoms with Crippen LogP contribution in [0.5, 0.6) is 0 Å². The monoisotopic (exact) mass is 204 g/mol. The third kappa shape index (κ3) is 2.23. The van der Waals surface area contributed by atoms with E-state index >= 15 is 0 Å². The largest absolute Gasteiger partial charge is 0.310 e. The van der Waals surface area contributed by atoms with Crippen LogP contribution in [0, 0.1) is 0 Å². The Morgan fingerprint density at radius 2 is 2.14 bits per heavy atom. The van der Waals surface area contributed by atoms with Crippen LogP contribution in [0.25, 0.3) is 0 Å². The number of hydrogen-bond acceptors (Lipinski definition) is 2.